The first-order chi connectivity index (χ1) is 14.0. The second kappa shape index (κ2) is 9.25. The molecule has 1 saturated heterocycles. The van der Waals surface area contributed by atoms with Gasteiger partial charge in [0.1, 0.15) is 0 Å². The first-order valence-corrected chi connectivity index (χ1v) is 11.5. The molecule has 5 nitrogen and oxygen atoms in total. The number of hydrogen-bond acceptors (Lipinski definition) is 4. The van der Waals surface area contributed by atoms with Gasteiger partial charge in [0.15, 0.2) is 0 Å². The van der Waals surface area contributed by atoms with Gasteiger partial charge in [0.05, 0.1) is 10.6 Å². The SMILES string of the molecule is CC(C)c1ccccc1NS(=O)(=O)c1ccc(N2CCNCC2)c2ccccc12.Cl. The maximum absolute atomic E-state index is 13.3. The number of anilines is 2. The van der Waals surface area contributed by atoms with E-state index in [0.29, 0.717) is 10.6 Å². The Morgan fingerprint density at radius 2 is 1.53 bits per heavy atom. The highest BCUT2D eigenvalue weighted by Crippen LogP contribution is 2.34. The predicted molar refractivity (Wildman–Crippen MR) is 128 cm³/mol. The van der Waals surface area contributed by atoms with Crippen LogP contribution in [0.1, 0.15) is 25.3 Å². The topological polar surface area (TPSA) is 61.4 Å². The van der Waals surface area contributed by atoms with E-state index in [2.05, 4.69) is 28.8 Å². The molecule has 0 spiro atoms. The van der Waals surface area contributed by atoms with E-state index in [4.69, 9.17) is 0 Å². The maximum atomic E-state index is 13.3. The van der Waals surface area contributed by atoms with Crippen molar-refractivity contribution in [2.75, 3.05) is 35.8 Å². The van der Waals surface area contributed by atoms with E-state index >= 15 is 0 Å². The largest absolute Gasteiger partial charge is 0.368 e. The molecule has 7 heteroatoms. The number of hydrogen-bond donors (Lipinski definition) is 2. The molecule has 0 atom stereocenters. The molecule has 0 saturated carbocycles. The zero-order chi connectivity index (χ0) is 20.4. The molecule has 1 heterocycles. The normalized spacial score (nSPS) is 14.6. The molecule has 1 fully saturated rings. The number of fused-ring (bicyclic) bond motifs is 1. The molecule has 0 radical (unpaired) electrons. The van der Waals surface area contributed by atoms with Crippen molar-refractivity contribution in [1.82, 2.24) is 5.32 Å². The highest BCUT2D eigenvalue weighted by molar-refractivity contribution is 7.93. The van der Waals surface area contributed by atoms with E-state index in [1.165, 1.54) is 0 Å². The van der Waals surface area contributed by atoms with Crippen LogP contribution in [0.15, 0.2) is 65.6 Å². The Labute approximate surface area is 184 Å². The second-order valence-corrected chi connectivity index (χ2v) is 9.36. The number of halogens is 1. The van der Waals surface area contributed by atoms with Crippen LogP contribution in [0.3, 0.4) is 0 Å². The monoisotopic (exact) mass is 445 g/mol. The lowest BCUT2D eigenvalue weighted by molar-refractivity contribution is 0.590. The Hall–Kier alpha value is -2.28. The molecule has 3 aromatic rings. The van der Waals surface area contributed by atoms with Crippen LogP contribution >= 0.6 is 12.4 Å². The second-order valence-electron chi connectivity index (χ2n) is 7.71. The third-order valence-electron chi connectivity index (χ3n) is 5.44. The summed E-state index contributed by atoms with van der Waals surface area (Å²) in [6, 6.07) is 19.0. The summed E-state index contributed by atoms with van der Waals surface area (Å²) in [5.41, 5.74) is 2.71. The number of benzene rings is 3. The molecule has 0 bridgehead atoms. The summed E-state index contributed by atoms with van der Waals surface area (Å²) in [6.07, 6.45) is 0. The van der Waals surface area contributed by atoms with E-state index in [9.17, 15) is 8.42 Å². The van der Waals surface area contributed by atoms with Crippen molar-refractivity contribution in [2.45, 2.75) is 24.7 Å². The molecule has 1 aliphatic heterocycles. The molecule has 30 heavy (non-hydrogen) atoms. The van der Waals surface area contributed by atoms with E-state index < -0.39 is 10.0 Å². The summed E-state index contributed by atoms with van der Waals surface area (Å²) in [5.74, 6) is 0.223. The van der Waals surface area contributed by atoms with Crippen LogP contribution in [0.5, 0.6) is 0 Å². The van der Waals surface area contributed by atoms with Crippen molar-refractivity contribution < 1.29 is 8.42 Å². The van der Waals surface area contributed by atoms with Crippen LogP contribution in [0.4, 0.5) is 11.4 Å². The molecule has 0 amide bonds. The van der Waals surface area contributed by atoms with Gasteiger partial charge >= 0.3 is 0 Å². The number of rotatable bonds is 5. The predicted octanol–water partition coefficient (Wildman–Crippen LogP) is 4.60. The third-order valence-corrected chi connectivity index (χ3v) is 6.86. The molecule has 0 aliphatic carbocycles. The molecule has 2 N–H and O–H groups in total. The zero-order valence-electron chi connectivity index (χ0n) is 17.3. The Balaban J connectivity index is 0.00000256. The van der Waals surface area contributed by atoms with E-state index in [0.717, 1.165) is 48.2 Å². The minimum absolute atomic E-state index is 0. The molecule has 1 aliphatic rings. The van der Waals surface area contributed by atoms with Gasteiger partial charge in [-0.05, 0) is 29.7 Å². The lowest BCUT2D eigenvalue weighted by Crippen LogP contribution is -2.43. The fourth-order valence-electron chi connectivity index (χ4n) is 3.96. The van der Waals surface area contributed by atoms with Crippen molar-refractivity contribution in [3.05, 3.63) is 66.2 Å². The summed E-state index contributed by atoms with van der Waals surface area (Å²) in [7, 11) is -3.72. The summed E-state index contributed by atoms with van der Waals surface area (Å²) in [6.45, 7) is 7.81. The Kier molecular flexibility index (Phi) is 6.91. The van der Waals surface area contributed by atoms with Gasteiger partial charge in [-0.1, -0.05) is 56.3 Å². The lowest BCUT2D eigenvalue weighted by Gasteiger charge is -2.30. The van der Waals surface area contributed by atoms with Crippen LogP contribution in [0.2, 0.25) is 0 Å². The van der Waals surface area contributed by atoms with Crippen molar-refractivity contribution in [2.24, 2.45) is 0 Å². The van der Waals surface area contributed by atoms with Crippen LogP contribution < -0.4 is 14.9 Å². The highest BCUT2D eigenvalue weighted by Gasteiger charge is 2.22. The van der Waals surface area contributed by atoms with Crippen molar-refractivity contribution in [3.63, 3.8) is 0 Å². The fraction of sp³-hybridized carbons (Fsp3) is 0.304. The van der Waals surface area contributed by atoms with Gasteiger partial charge in [-0.2, -0.15) is 0 Å². The number of piperazine rings is 1. The zero-order valence-corrected chi connectivity index (χ0v) is 18.9. The van der Waals surface area contributed by atoms with Crippen LogP contribution in [0.25, 0.3) is 10.8 Å². The van der Waals surface area contributed by atoms with Gasteiger partial charge in [0, 0.05) is 42.6 Å². The maximum Gasteiger partial charge on any atom is 0.262 e. The van der Waals surface area contributed by atoms with Crippen LogP contribution in [0, 0.1) is 0 Å². The number of para-hydroxylation sites is 1. The minimum atomic E-state index is -3.72. The standard InChI is InChI=1S/C23H27N3O2S.ClH/c1-17(2)18-7-5-6-10-21(18)25-29(27,28)23-12-11-22(26-15-13-24-14-16-26)19-8-3-4-9-20(19)23;/h3-12,17,24-25H,13-16H2,1-2H3;1H. The van der Waals surface area contributed by atoms with Gasteiger partial charge in [0.25, 0.3) is 10.0 Å². The van der Waals surface area contributed by atoms with Gasteiger partial charge in [-0.3, -0.25) is 4.72 Å². The molecule has 0 aromatic heterocycles. The average Bonchev–Trinajstić information content (AvgIpc) is 2.73. The van der Waals surface area contributed by atoms with Gasteiger partial charge in [0.2, 0.25) is 0 Å². The van der Waals surface area contributed by atoms with Crippen LogP contribution in [-0.4, -0.2) is 34.6 Å². The molecular weight excluding hydrogens is 418 g/mol. The van der Waals surface area contributed by atoms with Crippen LogP contribution in [-0.2, 0) is 10.0 Å². The smallest absolute Gasteiger partial charge is 0.262 e. The fourth-order valence-corrected chi connectivity index (χ4v) is 5.26. The minimum Gasteiger partial charge on any atom is -0.368 e. The molecule has 0 unspecified atom stereocenters. The molecule has 160 valence electrons. The van der Waals surface area contributed by atoms with Crippen molar-refractivity contribution in [3.8, 4) is 0 Å². The van der Waals surface area contributed by atoms with Gasteiger partial charge in [-0.15, -0.1) is 12.4 Å². The third kappa shape index (κ3) is 4.41. The van der Waals surface area contributed by atoms with E-state index in [1.807, 2.05) is 54.6 Å². The summed E-state index contributed by atoms with van der Waals surface area (Å²) in [4.78, 5) is 2.63. The summed E-state index contributed by atoms with van der Waals surface area (Å²) < 4.78 is 29.5. The lowest BCUT2D eigenvalue weighted by atomic mass is 10.0. The Morgan fingerprint density at radius 1 is 0.900 bits per heavy atom. The van der Waals surface area contributed by atoms with Gasteiger partial charge in [-0.25, -0.2) is 8.42 Å². The first kappa shape index (κ1) is 22.4. The summed E-state index contributed by atoms with van der Waals surface area (Å²) >= 11 is 0. The molecule has 3 aromatic carbocycles. The number of nitrogens with one attached hydrogen (secondary N) is 2. The highest BCUT2D eigenvalue weighted by atomic mass is 35.5. The Bertz CT molecular complexity index is 1130. The first-order valence-electron chi connectivity index (χ1n) is 10.1. The summed E-state index contributed by atoms with van der Waals surface area (Å²) in [5, 5.41) is 5.08. The molecular formula is C23H28ClN3O2S. The average molecular weight is 446 g/mol. The van der Waals surface area contributed by atoms with E-state index in [-0.39, 0.29) is 18.3 Å². The van der Waals surface area contributed by atoms with Crippen molar-refractivity contribution in [1.29, 1.82) is 0 Å². The Morgan fingerprint density at radius 3 is 2.23 bits per heavy atom. The number of nitrogens with zero attached hydrogens (tertiary/aromatic N) is 1. The quantitative estimate of drug-likeness (QED) is 0.602. The molecule has 4 rings (SSSR count). The number of sulfonamides is 1. The van der Waals surface area contributed by atoms with Gasteiger partial charge < -0.3 is 10.2 Å². The van der Waals surface area contributed by atoms with Crippen molar-refractivity contribution >= 4 is 44.6 Å². The van der Waals surface area contributed by atoms with E-state index in [1.54, 1.807) is 6.07 Å².